The van der Waals surface area contributed by atoms with Crippen LogP contribution in [0.5, 0.6) is 0 Å². The summed E-state index contributed by atoms with van der Waals surface area (Å²) in [7, 11) is 1.96. The molecule has 0 amide bonds. The van der Waals surface area contributed by atoms with Gasteiger partial charge in [-0.3, -0.25) is 0 Å². The van der Waals surface area contributed by atoms with Crippen molar-refractivity contribution < 1.29 is 8.78 Å². The molecule has 0 saturated carbocycles. The Morgan fingerprint density at radius 1 is 0.963 bits per heavy atom. The fourth-order valence-corrected chi connectivity index (χ4v) is 3.80. The third-order valence-electron chi connectivity index (χ3n) is 5.24. The topological polar surface area (TPSA) is 29.0 Å². The van der Waals surface area contributed by atoms with Crippen LogP contribution < -0.4 is 0 Å². The Morgan fingerprint density at radius 2 is 1.78 bits per heavy atom. The van der Waals surface area contributed by atoms with Gasteiger partial charge < -0.3 is 4.90 Å². The van der Waals surface area contributed by atoms with Gasteiger partial charge in [-0.1, -0.05) is 24.3 Å². The molecule has 2 aromatic carbocycles. The monoisotopic (exact) mass is 365 g/mol. The van der Waals surface area contributed by atoms with Gasteiger partial charge in [0.05, 0.1) is 11.4 Å². The number of fused-ring (bicyclic) bond motifs is 1. The standard InChI is InChI=1S/C22H21F2N3/c1-14-7-10-21(26-25-14)18-9-8-15-16(17-5-3-4-6-20(17)23)11-12-27(2)13-19(15)22(18)24/h3-10,16H,11-13H2,1-2H3. The molecular formula is C22H21F2N3. The first-order chi connectivity index (χ1) is 13.0. The minimum Gasteiger partial charge on any atom is -0.302 e. The Balaban J connectivity index is 1.86. The van der Waals surface area contributed by atoms with Crippen molar-refractivity contribution in [2.75, 3.05) is 13.6 Å². The number of hydrogen-bond donors (Lipinski definition) is 0. The van der Waals surface area contributed by atoms with Crippen LogP contribution in [0.4, 0.5) is 8.78 Å². The number of hydrogen-bond acceptors (Lipinski definition) is 3. The SMILES string of the molecule is Cc1ccc(-c2ccc3c(c2F)CN(C)CCC3c2ccccc2F)nn1. The van der Waals surface area contributed by atoms with Gasteiger partial charge in [-0.15, -0.1) is 0 Å². The van der Waals surface area contributed by atoms with E-state index in [9.17, 15) is 4.39 Å². The first-order valence-corrected chi connectivity index (χ1v) is 9.09. The van der Waals surface area contributed by atoms with E-state index in [4.69, 9.17) is 0 Å². The predicted octanol–water partition coefficient (Wildman–Crippen LogP) is 4.70. The normalized spacial score (nSPS) is 17.4. The number of halogens is 2. The Kier molecular flexibility index (Phi) is 4.70. The van der Waals surface area contributed by atoms with Crippen LogP contribution in [0.1, 0.15) is 34.7 Å². The highest BCUT2D eigenvalue weighted by atomic mass is 19.1. The first-order valence-electron chi connectivity index (χ1n) is 9.09. The van der Waals surface area contributed by atoms with Crippen LogP contribution in [0, 0.1) is 18.6 Å². The molecule has 0 spiro atoms. The van der Waals surface area contributed by atoms with Crippen molar-refractivity contribution in [2.45, 2.75) is 25.8 Å². The van der Waals surface area contributed by atoms with Crippen LogP contribution >= 0.6 is 0 Å². The van der Waals surface area contributed by atoms with Crippen LogP contribution in [0.3, 0.4) is 0 Å². The Hall–Kier alpha value is -2.66. The van der Waals surface area contributed by atoms with Crippen LogP contribution in [0.2, 0.25) is 0 Å². The van der Waals surface area contributed by atoms with Gasteiger partial charge in [-0.25, -0.2) is 8.78 Å². The number of aromatic nitrogens is 2. The summed E-state index contributed by atoms with van der Waals surface area (Å²) in [6, 6.07) is 14.0. The molecule has 138 valence electrons. The van der Waals surface area contributed by atoms with E-state index >= 15 is 4.39 Å². The van der Waals surface area contributed by atoms with E-state index in [1.165, 1.54) is 6.07 Å². The zero-order chi connectivity index (χ0) is 19.0. The molecule has 2 heterocycles. The van der Waals surface area contributed by atoms with Crippen LogP contribution in [-0.4, -0.2) is 28.7 Å². The summed E-state index contributed by atoms with van der Waals surface area (Å²) in [5, 5.41) is 8.17. The van der Waals surface area contributed by atoms with E-state index in [0.717, 1.165) is 24.2 Å². The molecule has 3 nitrogen and oxygen atoms in total. The second-order valence-electron chi connectivity index (χ2n) is 7.16. The van der Waals surface area contributed by atoms with Gasteiger partial charge in [-0.05, 0) is 62.3 Å². The summed E-state index contributed by atoms with van der Waals surface area (Å²) in [6.45, 7) is 3.10. The summed E-state index contributed by atoms with van der Waals surface area (Å²) in [4.78, 5) is 2.08. The Bertz CT molecular complexity index is 970. The van der Waals surface area contributed by atoms with Crippen molar-refractivity contribution >= 4 is 0 Å². The summed E-state index contributed by atoms with van der Waals surface area (Å²) in [5.74, 6) is -0.702. The molecule has 0 bridgehead atoms. The maximum atomic E-state index is 15.5. The average molecular weight is 365 g/mol. The fraction of sp³-hybridized carbons (Fsp3) is 0.273. The van der Waals surface area contributed by atoms with Crippen LogP contribution in [0.15, 0.2) is 48.5 Å². The highest BCUT2D eigenvalue weighted by Gasteiger charge is 2.28. The van der Waals surface area contributed by atoms with Crippen molar-refractivity contribution in [1.29, 1.82) is 0 Å². The second kappa shape index (κ2) is 7.16. The third kappa shape index (κ3) is 3.35. The Labute approximate surface area is 157 Å². The molecule has 5 heteroatoms. The lowest BCUT2D eigenvalue weighted by molar-refractivity contribution is 0.323. The number of nitrogens with zero attached hydrogens (tertiary/aromatic N) is 3. The quantitative estimate of drug-likeness (QED) is 0.659. The number of aryl methyl sites for hydroxylation is 1. The molecule has 3 aromatic rings. The van der Waals surface area contributed by atoms with Gasteiger partial charge in [0.1, 0.15) is 11.6 Å². The highest BCUT2D eigenvalue weighted by Crippen LogP contribution is 2.38. The molecular weight excluding hydrogens is 344 g/mol. The van der Waals surface area contributed by atoms with Crippen LogP contribution in [0.25, 0.3) is 11.3 Å². The summed E-state index contributed by atoms with van der Waals surface area (Å²) in [6.07, 6.45) is 0.744. The van der Waals surface area contributed by atoms with E-state index in [-0.39, 0.29) is 17.6 Å². The lowest BCUT2D eigenvalue weighted by Crippen LogP contribution is -2.18. The van der Waals surface area contributed by atoms with Crippen molar-refractivity contribution in [2.24, 2.45) is 0 Å². The molecule has 1 atom stereocenters. The smallest absolute Gasteiger partial charge is 0.137 e. The molecule has 1 unspecified atom stereocenters. The maximum absolute atomic E-state index is 15.5. The summed E-state index contributed by atoms with van der Waals surface area (Å²) >= 11 is 0. The maximum Gasteiger partial charge on any atom is 0.137 e. The first kappa shape index (κ1) is 17.7. The molecule has 1 aliphatic rings. The minimum absolute atomic E-state index is 0.168. The molecule has 0 saturated heterocycles. The van der Waals surface area contributed by atoms with Crippen LogP contribution in [-0.2, 0) is 6.54 Å². The molecule has 0 fully saturated rings. The van der Waals surface area contributed by atoms with E-state index in [2.05, 4.69) is 15.1 Å². The van der Waals surface area contributed by atoms with Gasteiger partial charge in [0.15, 0.2) is 0 Å². The fourth-order valence-electron chi connectivity index (χ4n) is 3.80. The van der Waals surface area contributed by atoms with E-state index < -0.39 is 0 Å². The zero-order valence-electron chi connectivity index (χ0n) is 15.4. The number of rotatable bonds is 2. The lowest BCUT2D eigenvalue weighted by Gasteiger charge is -2.20. The van der Waals surface area contributed by atoms with Crippen molar-refractivity contribution in [1.82, 2.24) is 15.1 Å². The van der Waals surface area contributed by atoms with E-state index in [0.29, 0.717) is 28.9 Å². The third-order valence-corrected chi connectivity index (χ3v) is 5.24. The molecule has 0 radical (unpaired) electrons. The van der Waals surface area contributed by atoms with Crippen molar-refractivity contribution in [3.8, 4) is 11.3 Å². The minimum atomic E-state index is -0.291. The van der Waals surface area contributed by atoms with E-state index in [1.54, 1.807) is 24.3 Å². The summed E-state index contributed by atoms with van der Waals surface area (Å²) < 4.78 is 30.0. The van der Waals surface area contributed by atoms with Crippen molar-refractivity contribution in [3.63, 3.8) is 0 Å². The molecule has 1 aliphatic heterocycles. The molecule has 0 N–H and O–H groups in total. The largest absolute Gasteiger partial charge is 0.302 e. The van der Waals surface area contributed by atoms with E-state index in [1.807, 2.05) is 32.2 Å². The average Bonchev–Trinajstić information content (AvgIpc) is 2.83. The number of benzene rings is 2. The highest BCUT2D eigenvalue weighted by molar-refractivity contribution is 5.62. The summed E-state index contributed by atoms with van der Waals surface area (Å²) in [5.41, 5.74) is 3.82. The molecule has 4 rings (SSSR count). The molecule has 1 aromatic heterocycles. The van der Waals surface area contributed by atoms with Gasteiger partial charge in [0, 0.05) is 23.6 Å². The van der Waals surface area contributed by atoms with Gasteiger partial charge in [0.2, 0.25) is 0 Å². The van der Waals surface area contributed by atoms with Gasteiger partial charge >= 0.3 is 0 Å². The molecule has 0 aliphatic carbocycles. The lowest BCUT2D eigenvalue weighted by atomic mass is 9.85. The Morgan fingerprint density at radius 3 is 2.52 bits per heavy atom. The van der Waals surface area contributed by atoms with Crippen molar-refractivity contribution in [3.05, 3.63) is 82.5 Å². The van der Waals surface area contributed by atoms with Gasteiger partial charge in [-0.2, -0.15) is 10.2 Å². The zero-order valence-corrected chi connectivity index (χ0v) is 15.4. The molecule has 27 heavy (non-hydrogen) atoms. The second-order valence-corrected chi connectivity index (χ2v) is 7.16. The predicted molar refractivity (Wildman–Crippen MR) is 101 cm³/mol. The van der Waals surface area contributed by atoms with Gasteiger partial charge in [0.25, 0.3) is 0 Å².